The Morgan fingerprint density at radius 2 is 1.72 bits per heavy atom. The third-order valence-electron chi connectivity index (χ3n) is 3.98. The number of ether oxygens (including phenoxy) is 2. The number of anilines is 1. The van der Waals surface area contributed by atoms with Crippen LogP contribution in [0.3, 0.4) is 0 Å². The van der Waals surface area contributed by atoms with Gasteiger partial charge in [-0.1, -0.05) is 18.2 Å². The second kappa shape index (κ2) is 7.70. The molecule has 1 amide bonds. The van der Waals surface area contributed by atoms with Crippen molar-refractivity contribution in [2.45, 2.75) is 20.3 Å². The van der Waals surface area contributed by atoms with Crippen LogP contribution in [-0.4, -0.2) is 31.2 Å². The summed E-state index contributed by atoms with van der Waals surface area (Å²) in [6.45, 7) is 3.90. The van der Waals surface area contributed by atoms with E-state index in [1.54, 1.807) is 0 Å². The van der Waals surface area contributed by atoms with Crippen LogP contribution in [0.5, 0.6) is 11.5 Å². The van der Waals surface area contributed by atoms with E-state index in [4.69, 9.17) is 9.47 Å². The number of hydrogen-bond acceptors (Lipinski definition) is 4. The van der Waals surface area contributed by atoms with Gasteiger partial charge in [0.05, 0.1) is 31.9 Å². The van der Waals surface area contributed by atoms with E-state index in [1.807, 2.05) is 32.0 Å². The van der Waals surface area contributed by atoms with Crippen molar-refractivity contribution in [2.75, 3.05) is 19.5 Å². The van der Waals surface area contributed by atoms with Gasteiger partial charge in [0.1, 0.15) is 0 Å². The molecule has 0 radical (unpaired) electrons. The van der Waals surface area contributed by atoms with E-state index in [1.165, 1.54) is 26.4 Å². The van der Waals surface area contributed by atoms with Crippen molar-refractivity contribution in [3.05, 3.63) is 52.6 Å². The van der Waals surface area contributed by atoms with Crippen LogP contribution < -0.4 is 14.8 Å². The number of aryl methyl sites for hydroxylation is 2. The number of carbonyl (C=O) groups excluding carboxylic acids is 1. The smallest absolute Gasteiger partial charge is 0.335 e. The van der Waals surface area contributed by atoms with Gasteiger partial charge >= 0.3 is 5.97 Å². The highest BCUT2D eigenvalue weighted by molar-refractivity contribution is 5.97. The first-order chi connectivity index (χ1) is 11.9. The molecule has 2 rings (SSSR count). The lowest BCUT2D eigenvalue weighted by molar-refractivity contribution is -0.115. The van der Waals surface area contributed by atoms with Crippen molar-refractivity contribution >= 4 is 17.6 Å². The first kappa shape index (κ1) is 18.3. The van der Waals surface area contributed by atoms with Crippen molar-refractivity contribution in [3.63, 3.8) is 0 Å². The molecule has 6 nitrogen and oxygen atoms in total. The lowest BCUT2D eigenvalue weighted by Gasteiger charge is -2.15. The van der Waals surface area contributed by atoms with Gasteiger partial charge in [0.15, 0.2) is 11.5 Å². The number of aromatic carboxylic acids is 1. The molecule has 2 aromatic carbocycles. The van der Waals surface area contributed by atoms with Gasteiger partial charge in [0.2, 0.25) is 5.91 Å². The molecule has 0 unspecified atom stereocenters. The molecular formula is C19H21NO5. The fourth-order valence-corrected chi connectivity index (χ4v) is 2.66. The molecule has 0 aliphatic heterocycles. The third-order valence-corrected chi connectivity index (χ3v) is 3.98. The number of nitrogens with one attached hydrogen (secondary N) is 1. The molecule has 0 saturated carbocycles. The fraction of sp³-hybridized carbons (Fsp3) is 0.263. The summed E-state index contributed by atoms with van der Waals surface area (Å²) in [5, 5.41) is 12.0. The van der Waals surface area contributed by atoms with Crippen molar-refractivity contribution in [3.8, 4) is 11.5 Å². The second-order valence-corrected chi connectivity index (χ2v) is 5.66. The maximum absolute atomic E-state index is 12.5. The number of amides is 1. The van der Waals surface area contributed by atoms with E-state index >= 15 is 0 Å². The Balaban J connectivity index is 2.33. The molecule has 0 atom stereocenters. The van der Waals surface area contributed by atoms with Gasteiger partial charge in [0.25, 0.3) is 0 Å². The molecule has 2 N–H and O–H groups in total. The third kappa shape index (κ3) is 4.09. The number of rotatable bonds is 6. The molecule has 0 bridgehead atoms. The van der Waals surface area contributed by atoms with Crippen LogP contribution in [0.4, 0.5) is 5.69 Å². The van der Waals surface area contributed by atoms with E-state index < -0.39 is 5.97 Å². The summed E-state index contributed by atoms with van der Waals surface area (Å²) in [5.41, 5.74) is 3.26. The van der Waals surface area contributed by atoms with Crippen LogP contribution in [0.25, 0.3) is 0 Å². The van der Waals surface area contributed by atoms with E-state index in [0.717, 1.165) is 16.7 Å². The average molecular weight is 343 g/mol. The Labute approximate surface area is 146 Å². The zero-order valence-electron chi connectivity index (χ0n) is 14.7. The zero-order valence-corrected chi connectivity index (χ0v) is 14.7. The number of carboxylic acids is 1. The van der Waals surface area contributed by atoms with Crippen LogP contribution in [0.2, 0.25) is 0 Å². The van der Waals surface area contributed by atoms with Gasteiger partial charge in [-0.3, -0.25) is 4.79 Å². The summed E-state index contributed by atoms with van der Waals surface area (Å²) in [5.74, 6) is -0.862. The predicted molar refractivity (Wildman–Crippen MR) is 94.8 cm³/mol. The minimum atomic E-state index is -1.12. The highest BCUT2D eigenvalue weighted by atomic mass is 16.5. The van der Waals surface area contributed by atoms with Gasteiger partial charge in [-0.25, -0.2) is 4.79 Å². The molecule has 0 aliphatic rings. The quantitative estimate of drug-likeness (QED) is 0.841. The summed E-state index contributed by atoms with van der Waals surface area (Å²) in [6.07, 6.45) is 0.182. The van der Waals surface area contributed by atoms with E-state index in [2.05, 4.69) is 5.32 Å². The van der Waals surface area contributed by atoms with Crippen molar-refractivity contribution in [1.82, 2.24) is 0 Å². The SMILES string of the molecule is COc1cc(C(=O)O)cc(NC(=O)Cc2c(C)cccc2C)c1OC. The molecule has 132 valence electrons. The van der Waals surface area contributed by atoms with Gasteiger partial charge in [-0.05, 0) is 42.7 Å². The molecular weight excluding hydrogens is 322 g/mol. The first-order valence-corrected chi connectivity index (χ1v) is 7.71. The maximum atomic E-state index is 12.5. The normalized spacial score (nSPS) is 10.2. The largest absolute Gasteiger partial charge is 0.493 e. The lowest BCUT2D eigenvalue weighted by Crippen LogP contribution is -2.17. The van der Waals surface area contributed by atoms with Crippen LogP contribution >= 0.6 is 0 Å². The van der Waals surface area contributed by atoms with E-state index in [0.29, 0.717) is 0 Å². The fourth-order valence-electron chi connectivity index (χ4n) is 2.66. The van der Waals surface area contributed by atoms with E-state index in [9.17, 15) is 14.7 Å². The number of benzene rings is 2. The van der Waals surface area contributed by atoms with Crippen LogP contribution in [-0.2, 0) is 11.2 Å². The van der Waals surface area contributed by atoms with Crippen LogP contribution in [0.15, 0.2) is 30.3 Å². The monoisotopic (exact) mass is 343 g/mol. The molecule has 0 spiro atoms. The maximum Gasteiger partial charge on any atom is 0.335 e. The average Bonchev–Trinajstić information content (AvgIpc) is 2.57. The van der Waals surface area contributed by atoms with Crippen molar-refractivity contribution in [1.29, 1.82) is 0 Å². The van der Waals surface area contributed by atoms with Gasteiger partial charge in [-0.15, -0.1) is 0 Å². The summed E-state index contributed by atoms with van der Waals surface area (Å²) < 4.78 is 10.4. The molecule has 25 heavy (non-hydrogen) atoms. The summed E-state index contributed by atoms with van der Waals surface area (Å²) in [4.78, 5) is 23.8. The standard InChI is InChI=1S/C19H21NO5/c1-11-6-5-7-12(2)14(11)10-17(21)20-15-8-13(19(22)23)9-16(24-3)18(15)25-4/h5-9H,10H2,1-4H3,(H,20,21)(H,22,23). The minimum absolute atomic E-state index is 0.0000206. The molecule has 6 heteroatoms. The summed E-state index contributed by atoms with van der Waals surface area (Å²) in [6, 6.07) is 8.54. The lowest BCUT2D eigenvalue weighted by atomic mass is 10.00. The van der Waals surface area contributed by atoms with E-state index in [-0.39, 0.29) is 35.1 Å². The number of carbonyl (C=O) groups is 2. The minimum Gasteiger partial charge on any atom is -0.493 e. The van der Waals surface area contributed by atoms with Gasteiger partial charge < -0.3 is 19.9 Å². The molecule has 0 fully saturated rings. The van der Waals surface area contributed by atoms with Gasteiger partial charge in [0, 0.05) is 0 Å². The Morgan fingerprint density at radius 3 is 2.24 bits per heavy atom. The predicted octanol–water partition coefficient (Wildman–Crippen LogP) is 3.20. The number of carboxylic acid groups (broad SMARTS) is 1. The number of hydrogen-bond donors (Lipinski definition) is 2. The number of methoxy groups -OCH3 is 2. The molecule has 2 aromatic rings. The Bertz CT molecular complexity index is 793. The summed E-state index contributed by atoms with van der Waals surface area (Å²) >= 11 is 0. The topological polar surface area (TPSA) is 84.9 Å². The Morgan fingerprint density at radius 1 is 1.08 bits per heavy atom. The van der Waals surface area contributed by atoms with Crippen LogP contribution in [0.1, 0.15) is 27.0 Å². The Hall–Kier alpha value is -3.02. The van der Waals surface area contributed by atoms with Crippen LogP contribution in [0, 0.1) is 13.8 Å². The van der Waals surface area contributed by atoms with Crippen molar-refractivity contribution < 1.29 is 24.2 Å². The summed E-state index contributed by atoms with van der Waals surface area (Å²) in [7, 11) is 2.84. The zero-order chi connectivity index (χ0) is 18.6. The second-order valence-electron chi connectivity index (χ2n) is 5.66. The Kier molecular flexibility index (Phi) is 5.64. The highest BCUT2D eigenvalue weighted by Crippen LogP contribution is 2.36. The highest BCUT2D eigenvalue weighted by Gasteiger charge is 2.18. The molecule has 0 aromatic heterocycles. The first-order valence-electron chi connectivity index (χ1n) is 7.71. The molecule has 0 heterocycles. The molecule has 0 aliphatic carbocycles. The molecule has 0 saturated heterocycles. The van der Waals surface area contributed by atoms with Crippen molar-refractivity contribution in [2.24, 2.45) is 0 Å². The van der Waals surface area contributed by atoms with Gasteiger partial charge in [-0.2, -0.15) is 0 Å².